The van der Waals surface area contributed by atoms with Crippen molar-refractivity contribution in [3.05, 3.63) is 30.1 Å². The van der Waals surface area contributed by atoms with E-state index in [2.05, 4.69) is 0 Å². The van der Waals surface area contributed by atoms with Crippen LogP contribution in [0.4, 0.5) is 8.87 Å². The van der Waals surface area contributed by atoms with E-state index in [1.54, 1.807) is 0 Å². The summed E-state index contributed by atoms with van der Waals surface area (Å²) >= 11 is 0. The predicted octanol–water partition coefficient (Wildman–Crippen LogP) is 2.89. The fraction of sp³-hybridized carbons (Fsp3) is 0.455. The molecule has 1 aromatic carbocycles. The summed E-state index contributed by atoms with van der Waals surface area (Å²) in [5.74, 6) is -0.555. The summed E-state index contributed by atoms with van der Waals surface area (Å²) in [6.45, 7) is 1.77. The molecule has 0 aliphatic carbocycles. The Morgan fingerprint density at radius 1 is 1.18 bits per heavy atom. The molecule has 0 radical (unpaired) electrons. The van der Waals surface area contributed by atoms with E-state index in [0.717, 1.165) is 37.1 Å². The first-order valence-corrected chi connectivity index (χ1v) is 6.86. The molecule has 0 atom stereocenters. The van der Waals surface area contributed by atoms with Gasteiger partial charge in [0.25, 0.3) is 10.0 Å². The summed E-state index contributed by atoms with van der Waals surface area (Å²) in [7, 11) is -4.14. The van der Waals surface area contributed by atoms with E-state index >= 15 is 0 Å². The minimum Gasteiger partial charge on any atom is -0.207 e. The SMILES string of the molecule is CCCCCN(F)S(=O)(=O)c1ccc(F)cc1. The van der Waals surface area contributed by atoms with E-state index in [0.29, 0.717) is 6.42 Å². The van der Waals surface area contributed by atoms with Gasteiger partial charge in [-0.3, -0.25) is 0 Å². The third kappa shape index (κ3) is 3.74. The lowest BCUT2D eigenvalue weighted by Gasteiger charge is -2.12. The quantitative estimate of drug-likeness (QED) is 0.584. The minimum absolute atomic E-state index is 0.173. The fourth-order valence-corrected chi connectivity index (χ4v) is 2.41. The summed E-state index contributed by atoms with van der Waals surface area (Å²) < 4.78 is 49.2. The van der Waals surface area contributed by atoms with Crippen LogP contribution in [-0.4, -0.2) is 19.5 Å². The molecule has 1 aromatic rings. The number of sulfonamides is 1. The van der Waals surface area contributed by atoms with Gasteiger partial charge in [0.1, 0.15) is 5.82 Å². The topological polar surface area (TPSA) is 37.4 Å². The molecule has 17 heavy (non-hydrogen) atoms. The summed E-state index contributed by atoms with van der Waals surface area (Å²) in [5, 5.41) is 0. The van der Waals surface area contributed by atoms with Crippen molar-refractivity contribution in [1.29, 1.82) is 0 Å². The van der Waals surface area contributed by atoms with E-state index < -0.39 is 15.8 Å². The molecule has 0 saturated heterocycles. The van der Waals surface area contributed by atoms with E-state index in [4.69, 9.17) is 0 Å². The summed E-state index contributed by atoms with van der Waals surface area (Å²) in [4.78, 5) is -0.238. The largest absolute Gasteiger partial charge is 0.269 e. The van der Waals surface area contributed by atoms with Gasteiger partial charge in [0.05, 0.1) is 4.90 Å². The second-order valence-electron chi connectivity index (χ2n) is 3.68. The highest BCUT2D eigenvalue weighted by Gasteiger charge is 2.23. The average Bonchev–Trinajstić information content (AvgIpc) is 2.29. The van der Waals surface area contributed by atoms with E-state index in [1.165, 1.54) is 0 Å². The summed E-state index contributed by atoms with van der Waals surface area (Å²) in [6, 6.07) is 4.09. The normalized spacial score (nSPS) is 12.0. The molecule has 1 rings (SSSR count). The van der Waals surface area contributed by atoms with Gasteiger partial charge in [0.15, 0.2) is 0 Å². The molecule has 6 heteroatoms. The highest BCUT2D eigenvalue weighted by molar-refractivity contribution is 7.89. The van der Waals surface area contributed by atoms with Gasteiger partial charge in [0.2, 0.25) is 0 Å². The Morgan fingerprint density at radius 2 is 1.76 bits per heavy atom. The first-order valence-electron chi connectivity index (χ1n) is 5.42. The smallest absolute Gasteiger partial charge is 0.207 e. The molecule has 0 spiro atoms. The molecule has 0 aliphatic rings. The molecule has 0 bridgehead atoms. The third-order valence-corrected chi connectivity index (χ3v) is 3.88. The highest BCUT2D eigenvalue weighted by Crippen LogP contribution is 2.17. The van der Waals surface area contributed by atoms with Gasteiger partial charge in [-0.2, -0.15) is 0 Å². The first-order chi connectivity index (χ1) is 7.98. The fourth-order valence-electron chi connectivity index (χ4n) is 1.33. The molecule has 0 amide bonds. The van der Waals surface area contributed by atoms with E-state index in [9.17, 15) is 17.3 Å². The van der Waals surface area contributed by atoms with Gasteiger partial charge in [-0.25, -0.2) is 12.8 Å². The van der Waals surface area contributed by atoms with Gasteiger partial charge < -0.3 is 0 Å². The third-order valence-electron chi connectivity index (χ3n) is 2.31. The van der Waals surface area contributed by atoms with Gasteiger partial charge in [-0.15, -0.1) is 4.48 Å². The molecule has 0 aliphatic heterocycles. The van der Waals surface area contributed by atoms with Crippen LogP contribution in [0.25, 0.3) is 0 Å². The predicted molar refractivity (Wildman–Crippen MR) is 60.9 cm³/mol. The Kier molecular flexibility index (Phi) is 5.02. The van der Waals surface area contributed by atoms with Gasteiger partial charge in [-0.1, -0.05) is 19.8 Å². The number of benzene rings is 1. The molecule has 0 heterocycles. The molecule has 3 nitrogen and oxygen atoms in total. The molecule has 0 fully saturated rings. The van der Waals surface area contributed by atoms with Crippen molar-refractivity contribution >= 4 is 10.0 Å². The molecule has 0 saturated carbocycles. The Morgan fingerprint density at radius 3 is 2.29 bits per heavy atom. The minimum atomic E-state index is -4.14. The Balaban J connectivity index is 2.76. The summed E-state index contributed by atoms with van der Waals surface area (Å²) in [5.41, 5.74) is 0. The lowest BCUT2D eigenvalue weighted by Crippen LogP contribution is -2.24. The Labute approximate surface area is 100 Å². The van der Waals surface area contributed by atoms with Crippen molar-refractivity contribution in [3.63, 3.8) is 0 Å². The van der Waals surface area contributed by atoms with Crippen LogP contribution in [-0.2, 0) is 10.0 Å². The number of hydrogen-bond acceptors (Lipinski definition) is 2. The van der Waals surface area contributed by atoms with Gasteiger partial charge >= 0.3 is 0 Å². The number of unbranched alkanes of at least 4 members (excludes halogenated alkanes) is 2. The van der Waals surface area contributed by atoms with Gasteiger partial charge in [0, 0.05) is 6.54 Å². The standard InChI is InChI=1S/C11H15F2NO2S/c1-2-3-4-9-14(13)17(15,16)11-7-5-10(12)6-8-11/h5-8H,2-4,9H2,1H3. The van der Waals surface area contributed by atoms with Crippen LogP contribution < -0.4 is 0 Å². The molecule has 0 N–H and O–H groups in total. The van der Waals surface area contributed by atoms with Crippen molar-refractivity contribution in [1.82, 2.24) is 4.53 Å². The second kappa shape index (κ2) is 6.07. The maximum Gasteiger partial charge on any atom is 0.269 e. The number of hydrogen-bond donors (Lipinski definition) is 0. The maximum absolute atomic E-state index is 13.4. The van der Waals surface area contributed by atoms with Gasteiger partial charge in [-0.05, 0) is 35.2 Å². The monoisotopic (exact) mass is 263 g/mol. The number of halogens is 2. The zero-order chi connectivity index (χ0) is 12.9. The number of rotatable bonds is 6. The van der Waals surface area contributed by atoms with Crippen molar-refractivity contribution in [2.24, 2.45) is 0 Å². The highest BCUT2D eigenvalue weighted by atomic mass is 32.2. The average molecular weight is 263 g/mol. The van der Waals surface area contributed by atoms with Crippen molar-refractivity contribution < 1.29 is 17.3 Å². The first kappa shape index (κ1) is 14.1. The Hall–Kier alpha value is -1.01. The zero-order valence-corrected chi connectivity index (χ0v) is 10.4. The molecular formula is C11H15F2NO2S. The molecular weight excluding hydrogens is 248 g/mol. The Bertz CT molecular complexity index is 445. The van der Waals surface area contributed by atoms with Crippen molar-refractivity contribution in [2.45, 2.75) is 31.1 Å². The zero-order valence-electron chi connectivity index (χ0n) is 9.57. The van der Waals surface area contributed by atoms with Crippen molar-refractivity contribution in [2.75, 3.05) is 6.54 Å². The van der Waals surface area contributed by atoms with Crippen LogP contribution >= 0.6 is 0 Å². The van der Waals surface area contributed by atoms with Crippen LogP contribution in [0.2, 0.25) is 0 Å². The summed E-state index contributed by atoms with van der Waals surface area (Å²) in [6.07, 6.45) is 2.11. The molecule has 0 aromatic heterocycles. The van der Waals surface area contributed by atoms with Crippen LogP contribution in [0.3, 0.4) is 0 Å². The molecule has 96 valence electrons. The molecule has 0 unspecified atom stereocenters. The second-order valence-corrected chi connectivity index (χ2v) is 5.50. The van der Waals surface area contributed by atoms with Crippen molar-refractivity contribution in [3.8, 4) is 0 Å². The van der Waals surface area contributed by atoms with Crippen LogP contribution in [0.5, 0.6) is 0 Å². The van der Waals surface area contributed by atoms with Crippen LogP contribution in [0, 0.1) is 5.82 Å². The van der Waals surface area contributed by atoms with Crippen LogP contribution in [0.1, 0.15) is 26.2 Å². The lowest BCUT2D eigenvalue weighted by molar-refractivity contribution is 0.136. The number of nitrogens with zero attached hydrogens (tertiary/aromatic N) is 1. The van der Waals surface area contributed by atoms with Crippen LogP contribution in [0.15, 0.2) is 29.2 Å². The maximum atomic E-state index is 13.4. The van der Waals surface area contributed by atoms with E-state index in [1.807, 2.05) is 6.92 Å². The van der Waals surface area contributed by atoms with E-state index in [-0.39, 0.29) is 16.0 Å². The lowest BCUT2D eigenvalue weighted by atomic mass is 10.3.